The quantitative estimate of drug-likeness (QED) is 0.546. The molecular formula is C21H22F3N9. The zero-order chi connectivity index (χ0) is 23.6. The Balaban J connectivity index is 1.70. The van der Waals surface area contributed by atoms with Crippen molar-refractivity contribution in [3.05, 3.63) is 42.7 Å². The van der Waals surface area contributed by atoms with Gasteiger partial charge in [0, 0.05) is 62.3 Å². The van der Waals surface area contributed by atoms with E-state index in [1.165, 1.54) is 11.1 Å². The predicted molar refractivity (Wildman–Crippen MR) is 116 cm³/mol. The maximum atomic E-state index is 12.8. The number of allylic oxidation sites excluding steroid dienone is 1. The van der Waals surface area contributed by atoms with Crippen LogP contribution in [-0.4, -0.2) is 67.6 Å². The standard InChI is InChI=1S/C21H22F3N9/c1-2-27-9-15(8-26)17-7-18-28-5-6-32(18)19(30-17)16-10-29-33(11-16)20(3-4-25)12-31(13-20)14-21(22,23)24/h5-11H,2-3,12-14,26H2,1H3. The highest BCUT2D eigenvalue weighted by atomic mass is 19.4. The lowest BCUT2D eigenvalue weighted by Crippen LogP contribution is -2.64. The van der Waals surface area contributed by atoms with Crippen LogP contribution in [0.3, 0.4) is 0 Å². The second-order valence-electron chi connectivity index (χ2n) is 7.86. The number of aliphatic imine (C=N–C) groups is 1. The van der Waals surface area contributed by atoms with E-state index in [4.69, 9.17) is 10.7 Å². The van der Waals surface area contributed by atoms with E-state index >= 15 is 0 Å². The fourth-order valence-corrected chi connectivity index (χ4v) is 3.99. The third-order valence-electron chi connectivity index (χ3n) is 5.45. The van der Waals surface area contributed by atoms with Crippen LogP contribution < -0.4 is 5.73 Å². The van der Waals surface area contributed by atoms with Gasteiger partial charge in [-0.3, -0.25) is 19.0 Å². The molecule has 0 spiro atoms. The number of rotatable bonds is 7. The second kappa shape index (κ2) is 8.67. The van der Waals surface area contributed by atoms with E-state index in [9.17, 15) is 18.4 Å². The fraction of sp³-hybridized carbons (Fsp3) is 0.381. The molecule has 1 aliphatic heterocycles. The van der Waals surface area contributed by atoms with Crippen molar-refractivity contribution in [2.45, 2.75) is 25.1 Å². The SMILES string of the molecule is CCN=CC(=CN)c1cc2nccn2c(-c2cnn(C3(CC#N)CN(CC(F)(F)F)C3)c2)n1. The minimum Gasteiger partial charge on any atom is -0.404 e. The van der Waals surface area contributed by atoms with Gasteiger partial charge in [0.05, 0.1) is 36.5 Å². The summed E-state index contributed by atoms with van der Waals surface area (Å²) in [6.45, 7) is 1.66. The van der Waals surface area contributed by atoms with Crippen molar-refractivity contribution in [2.24, 2.45) is 10.7 Å². The van der Waals surface area contributed by atoms with Crippen molar-refractivity contribution in [1.29, 1.82) is 5.26 Å². The van der Waals surface area contributed by atoms with E-state index in [-0.39, 0.29) is 19.5 Å². The third-order valence-corrected chi connectivity index (χ3v) is 5.45. The maximum Gasteiger partial charge on any atom is 0.401 e. The third kappa shape index (κ3) is 4.45. The van der Waals surface area contributed by atoms with Gasteiger partial charge in [-0.15, -0.1) is 0 Å². The summed E-state index contributed by atoms with van der Waals surface area (Å²) < 4.78 is 41.6. The molecule has 33 heavy (non-hydrogen) atoms. The molecule has 0 atom stereocenters. The molecule has 172 valence electrons. The van der Waals surface area contributed by atoms with E-state index in [0.29, 0.717) is 34.8 Å². The van der Waals surface area contributed by atoms with Crippen molar-refractivity contribution in [3.8, 4) is 17.5 Å². The molecule has 3 aromatic heterocycles. The van der Waals surface area contributed by atoms with Gasteiger partial charge in [0.25, 0.3) is 0 Å². The first kappa shape index (κ1) is 22.5. The lowest BCUT2D eigenvalue weighted by molar-refractivity contribution is -0.167. The lowest BCUT2D eigenvalue weighted by atomic mass is 9.87. The van der Waals surface area contributed by atoms with E-state index in [0.717, 1.165) is 0 Å². The highest BCUT2D eigenvalue weighted by molar-refractivity contribution is 6.09. The minimum absolute atomic E-state index is 0.0456. The molecule has 0 unspecified atom stereocenters. The Bertz CT molecular complexity index is 1240. The molecule has 0 radical (unpaired) electrons. The smallest absolute Gasteiger partial charge is 0.401 e. The molecule has 4 rings (SSSR count). The fourth-order valence-electron chi connectivity index (χ4n) is 3.99. The Morgan fingerprint density at radius 2 is 2.18 bits per heavy atom. The molecule has 1 fully saturated rings. The van der Waals surface area contributed by atoms with Crippen LogP contribution >= 0.6 is 0 Å². The van der Waals surface area contributed by atoms with Crippen LogP contribution in [0.1, 0.15) is 19.0 Å². The van der Waals surface area contributed by atoms with Crippen molar-refractivity contribution >= 4 is 17.4 Å². The Kier molecular flexibility index (Phi) is 5.90. The van der Waals surface area contributed by atoms with Gasteiger partial charge in [-0.2, -0.15) is 23.5 Å². The average molecular weight is 457 g/mol. The Hall–Kier alpha value is -3.72. The molecule has 0 saturated carbocycles. The summed E-state index contributed by atoms with van der Waals surface area (Å²) in [7, 11) is 0. The van der Waals surface area contributed by atoms with Crippen molar-refractivity contribution in [3.63, 3.8) is 0 Å². The highest BCUT2D eigenvalue weighted by Gasteiger charge is 2.48. The van der Waals surface area contributed by atoms with Crippen molar-refractivity contribution in [2.75, 3.05) is 26.2 Å². The van der Waals surface area contributed by atoms with Crippen LogP contribution in [-0.2, 0) is 5.54 Å². The highest BCUT2D eigenvalue weighted by Crippen LogP contribution is 2.35. The number of halogens is 3. The number of hydrogen-bond donors (Lipinski definition) is 1. The summed E-state index contributed by atoms with van der Waals surface area (Å²) in [5.41, 5.74) is 7.43. The Morgan fingerprint density at radius 3 is 2.85 bits per heavy atom. The normalized spacial score (nSPS) is 16.9. The number of imidazole rings is 1. The van der Waals surface area contributed by atoms with E-state index in [1.807, 2.05) is 6.92 Å². The van der Waals surface area contributed by atoms with Gasteiger partial charge in [0.15, 0.2) is 0 Å². The summed E-state index contributed by atoms with van der Waals surface area (Å²) in [4.78, 5) is 14.6. The first-order valence-electron chi connectivity index (χ1n) is 10.3. The molecule has 4 heterocycles. The summed E-state index contributed by atoms with van der Waals surface area (Å²) >= 11 is 0. The molecule has 0 bridgehead atoms. The van der Waals surface area contributed by atoms with E-state index in [1.54, 1.807) is 46.2 Å². The van der Waals surface area contributed by atoms with Crippen LogP contribution in [0.15, 0.2) is 42.0 Å². The van der Waals surface area contributed by atoms with Gasteiger partial charge >= 0.3 is 6.18 Å². The van der Waals surface area contributed by atoms with Crippen LogP contribution in [0.5, 0.6) is 0 Å². The second-order valence-corrected chi connectivity index (χ2v) is 7.86. The first-order valence-corrected chi connectivity index (χ1v) is 10.3. The molecule has 12 heteroatoms. The van der Waals surface area contributed by atoms with Crippen LogP contribution in [0, 0.1) is 11.3 Å². The zero-order valence-corrected chi connectivity index (χ0v) is 17.9. The van der Waals surface area contributed by atoms with Crippen molar-refractivity contribution < 1.29 is 13.2 Å². The van der Waals surface area contributed by atoms with E-state index in [2.05, 4.69) is 21.1 Å². The van der Waals surface area contributed by atoms with Gasteiger partial charge in [-0.1, -0.05) is 0 Å². The van der Waals surface area contributed by atoms with E-state index < -0.39 is 18.3 Å². The Labute approximate surface area is 187 Å². The van der Waals surface area contributed by atoms with Crippen LogP contribution in [0.2, 0.25) is 0 Å². The van der Waals surface area contributed by atoms with Gasteiger partial charge < -0.3 is 5.73 Å². The summed E-state index contributed by atoms with van der Waals surface area (Å²) in [5, 5.41) is 13.7. The maximum absolute atomic E-state index is 12.8. The average Bonchev–Trinajstić information content (AvgIpc) is 3.41. The molecule has 9 nitrogen and oxygen atoms in total. The molecule has 1 saturated heterocycles. The number of alkyl halides is 3. The molecule has 3 aromatic rings. The molecule has 1 aliphatic rings. The summed E-state index contributed by atoms with van der Waals surface area (Å²) in [6, 6.07) is 3.87. The zero-order valence-electron chi connectivity index (χ0n) is 17.9. The molecule has 2 N–H and O–H groups in total. The topological polar surface area (TPSA) is 113 Å². The van der Waals surface area contributed by atoms with Gasteiger partial charge in [0.1, 0.15) is 17.0 Å². The molecule has 0 aliphatic carbocycles. The number of likely N-dealkylation sites (tertiary alicyclic amines) is 1. The summed E-state index contributed by atoms with van der Waals surface area (Å²) in [6.07, 6.45) is 5.50. The monoisotopic (exact) mass is 457 g/mol. The predicted octanol–water partition coefficient (Wildman–Crippen LogP) is 2.47. The minimum atomic E-state index is -4.29. The Morgan fingerprint density at radius 1 is 1.39 bits per heavy atom. The molecule has 0 amide bonds. The number of nitrogens with two attached hydrogens (primary N) is 1. The number of nitrogens with zero attached hydrogens (tertiary/aromatic N) is 8. The molecular weight excluding hydrogens is 435 g/mol. The summed E-state index contributed by atoms with van der Waals surface area (Å²) in [5.74, 6) is 0.536. The van der Waals surface area contributed by atoms with Crippen LogP contribution in [0.4, 0.5) is 13.2 Å². The largest absolute Gasteiger partial charge is 0.404 e. The van der Waals surface area contributed by atoms with Crippen molar-refractivity contribution in [1.82, 2.24) is 29.0 Å². The number of nitriles is 1. The van der Waals surface area contributed by atoms with Crippen LogP contribution in [0.25, 0.3) is 22.6 Å². The lowest BCUT2D eigenvalue weighted by Gasteiger charge is -2.49. The van der Waals surface area contributed by atoms with Gasteiger partial charge in [-0.05, 0) is 6.92 Å². The van der Waals surface area contributed by atoms with Gasteiger partial charge in [-0.25, -0.2) is 9.97 Å². The first-order chi connectivity index (χ1) is 15.8. The number of fused-ring (bicyclic) bond motifs is 1. The molecule has 0 aromatic carbocycles. The van der Waals surface area contributed by atoms with Gasteiger partial charge in [0.2, 0.25) is 0 Å². The number of aromatic nitrogens is 5. The number of hydrogen-bond acceptors (Lipinski definition) is 7.